The second kappa shape index (κ2) is 5.06. The molecule has 1 aromatic rings. The van der Waals surface area contributed by atoms with Gasteiger partial charge in [-0.05, 0) is 0 Å². The fraction of sp³-hybridized carbons (Fsp3) is 0.375. The van der Waals surface area contributed by atoms with Gasteiger partial charge in [-0.25, -0.2) is 4.98 Å². The van der Waals surface area contributed by atoms with E-state index in [1.807, 2.05) is 0 Å². The van der Waals surface area contributed by atoms with E-state index in [9.17, 15) is 20.3 Å². The highest BCUT2D eigenvalue weighted by Gasteiger charge is 2.22. The first kappa shape index (κ1) is 12.6. The van der Waals surface area contributed by atoms with E-state index in [2.05, 4.69) is 4.98 Å². The highest BCUT2D eigenvalue weighted by Crippen LogP contribution is 2.25. The third-order valence-electron chi connectivity index (χ3n) is 1.98. The molecule has 0 aromatic carbocycles. The van der Waals surface area contributed by atoms with Crippen LogP contribution in [0.25, 0.3) is 0 Å². The van der Waals surface area contributed by atoms with E-state index < -0.39 is 22.8 Å². The first-order valence-corrected chi connectivity index (χ1v) is 4.82. The van der Waals surface area contributed by atoms with Crippen molar-refractivity contribution in [3.8, 4) is 0 Å². The van der Waals surface area contributed by atoms with Gasteiger partial charge in [-0.2, -0.15) is 0 Å². The van der Waals surface area contributed by atoms with Crippen molar-refractivity contribution in [1.82, 2.24) is 4.98 Å². The number of alkyl halides is 1. The molecular formula is C8H10ClN3O4. The number of rotatable bonds is 4. The van der Waals surface area contributed by atoms with Crippen molar-refractivity contribution >= 4 is 23.1 Å². The lowest BCUT2D eigenvalue weighted by molar-refractivity contribution is -0.384. The zero-order valence-electron chi connectivity index (χ0n) is 8.08. The molecule has 0 aliphatic rings. The predicted molar refractivity (Wildman–Crippen MR) is 57.0 cm³/mol. The Hall–Kier alpha value is -1.44. The molecule has 0 spiro atoms. The highest BCUT2D eigenvalue weighted by molar-refractivity contribution is 6.18. The van der Waals surface area contributed by atoms with Gasteiger partial charge in [-0.1, -0.05) is 0 Å². The smallest absolute Gasteiger partial charge is 0.311 e. The molecule has 0 amide bonds. The van der Waals surface area contributed by atoms with Crippen LogP contribution in [0.3, 0.4) is 0 Å². The van der Waals surface area contributed by atoms with Crippen LogP contribution in [0, 0.1) is 10.1 Å². The monoisotopic (exact) mass is 247 g/mol. The Labute approximate surface area is 95.6 Å². The molecule has 0 bridgehead atoms. The Morgan fingerprint density at radius 3 is 2.75 bits per heavy atom. The van der Waals surface area contributed by atoms with Gasteiger partial charge in [0.1, 0.15) is 6.10 Å². The van der Waals surface area contributed by atoms with Crippen LogP contribution in [0.15, 0.2) is 12.3 Å². The molecule has 0 saturated carbocycles. The lowest BCUT2D eigenvalue weighted by atomic mass is 10.1. The van der Waals surface area contributed by atoms with Crippen LogP contribution in [-0.4, -0.2) is 32.1 Å². The topological polar surface area (TPSA) is 123 Å². The van der Waals surface area contributed by atoms with Crippen LogP contribution in [-0.2, 0) is 0 Å². The van der Waals surface area contributed by atoms with Crippen molar-refractivity contribution in [2.75, 3.05) is 11.6 Å². The normalized spacial score (nSPS) is 14.4. The van der Waals surface area contributed by atoms with E-state index in [1.54, 1.807) is 0 Å². The quantitative estimate of drug-likeness (QED) is 0.397. The molecule has 7 nitrogen and oxygen atoms in total. The number of nitrogens with zero attached hydrogens (tertiary/aromatic N) is 2. The molecule has 2 atom stereocenters. The predicted octanol–water partition coefficient (Wildman–Crippen LogP) is 0.205. The largest absolute Gasteiger partial charge is 0.389 e. The summed E-state index contributed by atoms with van der Waals surface area (Å²) in [7, 11) is 0. The second-order valence-corrected chi connectivity index (χ2v) is 3.41. The minimum atomic E-state index is -1.33. The van der Waals surface area contributed by atoms with Crippen LogP contribution >= 0.6 is 11.6 Å². The van der Waals surface area contributed by atoms with Crippen molar-refractivity contribution in [2.45, 2.75) is 12.2 Å². The number of aromatic nitrogens is 1. The molecule has 1 heterocycles. The summed E-state index contributed by atoms with van der Waals surface area (Å²) in [6.07, 6.45) is -1.39. The molecule has 0 fully saturated rings. The summed E-state index contributed by atoms with van der Waals surface area (Å²) < 4.78 is 0. The third-order valence-corrected chi connectivity index (χ3v) is 2.30. The molecule has 0 aliphatic carbocycles. The molecule has 0 radical (unpaired) electrons. The lowest BCUT2D eigenvalue weighted by Crippen LogP contribution is -2.20. The summed E-state index contributed by atoms with van der Waals surface area (Å²) in [5.74, 6) is -0.444. The average Bonchev–Trinajstić information content (AvgIpc) is 2.27. The first-order chi connectivity index (χ1) is 7.47. The number of hydrogen-bond donors (Lipinski definition) is 3. The number of nitro groups is 1. The van der Waals surface area contributed by atoms with Gasteiger partial charge in [0.2, 0.25) is 5.82 Å². The zero-order chi connectivity index (χ0) is 12.3. The summed E-state index contributed by atoms with van der Waals surface area (Å²) in [5, 5.41) is 29.4. The maximum absolute atomic E-state index is 10.6. The molecule has 0 saturated heterocycles. The molecule has 88 valence electrons. The number of nitrogens with two attached hydrogens (primary N) is 1. The number of aliphatic hydroxyl groups is 2. The van der Waals surface area contributed by atoms with E-state index in [-0.39, 0.29) is 17.3 Å². The molecule has 2 unspecified atom stereocenters. The molecular weight excluding hydrogens is 238 g/mol. The van der Waals surface area contributed by atoms with Crippen LogP contribution < -0.4 is 5.73 Å². The Kier molecular flexibility index (Phi) is 3.99. The highest BCUT2D eigenvalue weighted by atomic mass is 35.5. The minimum absolute atomic E-state index is 0.0917. The number of hydrogen-bond acceptors (Lipinski definition) is 6. The van der Waals surface area contributed by atoms with Gasteiger partial charge in [-0.15, -0.1) is 11.6 Å². The van der Waals surface area contributed by atoms with E-state index in [4.69, 9.17) is 17.3 Å². The van der Waals surface area contributed by atoms with Crippen molar-refractivity contribution in [1.29, 1.82) is 0 Å². The van der Waals surface area contributed by atoms with Gasteiger partial charge in [0, 0.05) is 17.8 Å². The SMILES string of the molecule is Nc1ncc(C(O)C(O)CCl)cc1[N+](=O)[O-]. The average molecular weight is 248 g/mol. The summed E-state index contributed by atoms with van der Waals surface area (Å²) in [6, 6.07) is 1.06. The van der Waals surface area contributed by atoms with Crippen LogP contribution in [0.4, 0.5) is 11.5 Å². The Balaban J connectivity index is 3.07. The maximum Gasteiger partial charge on any atom is 0.311 e. The van der Waals surface area contributed by atoms with Gasteiger partial charge >= 0.3 is 5.69 Å². The fourth-order valence-corrected chi connectivity index (χ4v) is 1.26. The fourth-order valence-electron chi connectivity index (χ4n) is 1.09. The molecule has 16 heavy (non-hydrogen) atoms. The molecule has 1 rings (SSSR count). The van der Waals surface area contributed by atoms with Crippen LogP contribution in [0.2, 0.25) is 0 Å². The summed E-state index contributed by atoms with van der Waals surface area (Å²) in [6.45, 7) is 0. The maximum atomic E-state index is 10.6. The Morgan fingerprint density at radius 2 is 2.25 bits per heavy atom. The van der Waals surface area contributed by atoms with Crippen LogP contribution in [0.5, 0.6) is 0 Å². The summed E-state index contributed by atoms with van der Waals surface area (Å²) in [5.41, 5.74) is 4.95. The van der Waals surface area contributed by atoms with E-state index in [1.165, 1.54) is 0 Å². The Morgan fingerprint density at radius 1 is 1.62 bits per heavy atom. The second-order valence-electron chi connectivity index (χ2n) is 3.10. The lowest BCUT2D eigenvalue weighted by Gasteiger charge is -2.15. The van der Waals surface area contributed by atoms with E-state index in [0.29, 0.717) is 0 Å². The van der Waals surface area contributed by atoms with Crippen molar-refractivity contribution in [2.24, 2.45) is 0 Å². The van der Waals surface area contributed by atoms with Gasteiger partial charge < -0.3 is 15.9 Å². The van der Waals surface area contributed by atoms with Gasteiger partial charge in [0.15, 0.2) is 0 Å². The standard InChI is InChI=1S/C8H10ClN3O4/c9-2-6(13)7(14)4-1-5(12(15)16)8(10)11-3-4/h1,3,6-7,13-14H,2H2,(H2,10,11). The first-order valence-electron chi connectivity index (χ1n) is 4.29. The van der Waals surface area contributed by atoms with Crippen molar-refractivity contribution < 1.29 is 15.1 Å². The van der Waals surface area contributed by atoms with Crippen molar-refractivity contribution in [3.63, 3.8) is 0 Å². The molecule has 1 aromatic heterocycles. The molecule has 8 heteroatoms. The van der Waals surface area contributed by atoms with E-state index >= 15 is 0 Å². The summed E-state index contributed by atoms with van der Waals surface area (Å²) >= 11 is 5.34. The molecule has 0 aliphatic heterocycles. The van der Waals surface area contributed by atoms with E-state index in [0.717, 1.165) is 12.3 Å². The number of nitrogen functional groups attached to an aromatic ring is 1. The van der Waals surface area contributed by atoms with Gasteiger partial charge in [0.05, 0.1) is 16.9 Å². The number of aliphatic hydroxyl groups excluding tert-OH is 2. The third kappa shape index (κ3) is 2.57. The number of pyridine rings is 1. The zero-order valence-corrected chi connectivity index (χ0v) is 8.83. The van der Waals surface area contributed by atoms with Gasteiger partial charge in [0.25, 0.3) is 0 Å². The van der Waals surface area contributed by atoms with Crippen molar-refractivity contribution in [3.05, 3.63) is 27.9 Å². The van der Waals surface area contributed by atoms with Gasteiger partial charge in [-0.3, -0.25) is 10.1 Å². The number of halogens is 1. The Bertz CT molecular complexity index is 401. The minimum Gasteiger partial charge on any atom is -0.389 e. The number of anilines is 1. The van der Waals surface area contributed by atoms with Crippen LogP contribution in [0.1, 0.15) is 11.7 Å². The molecule has 4 N–H and O–H groups in total. The summed E-state index contributed by atoms with van der Waals surface area (Å²) in [4.78, 5) is 13.4.